The molecule has 2 aliphatic heterocycles. The smallest absolute Gasteiger partial charge is 0.252 e. The number of carbonyl (C=O) groups is 2. The molecule has 4 rings (SSSR count). The van der Waals surface area contributed by atoms with Crippen molar-refractivity contribution in [3.8, 4) is 11.8 Å². The third-order valence-corrected chi connectivity index (χ3v) is 6.83. The average Bonchev–Trinajstić information content (AvgIpc) is 3.31. The number of anilines is 1. The summed E-state index contributed by atoms with van der Waals surface area (Å²) in [6.07, 6.45) is 2.64. The summed E-state index contributed by atoms with van der Waals surface area (Å²) in [5.41, 5.74) is 2.74. The molecule has 2 aromatic carbocycles. The molecule has 7 heteroatoms. The van der Waals surface area contributed by atoms with Gasteiger partial charge in [0.25, 0.3) is 5.91 Å². The van der Waals surface area contributed by atoms with Gasteiger partial charge in [0, 0.05) is 38.3 Å². The zero-order valence-electron chi connectivity index (χ0n) is 18.5. The number of benzene rings is 2. The van der Waals surface area contributed by atoms with Crippen molar-refractivity contribution in [1.29, 1.82) is 5.26 Å². The molecular weight excluding hydrogens is 404 g/mol. The lowest BCUT2D eigenvalue weighted by Crippen LogP contribution is -2.62. The molecule has 0 radical (unpaired) electrons. The van der Waals surface area contributed by atoms with Crippen LogP contribution in [0, 0.1) is 11.3 Å². The van der Waals surface area contributed by atoms with Gasteiger partial charge in [-0.05, 0) is 61.2 Å². The Morgan fingerprint density at radius 2 is 1.97 bits per heavy atom. The third-order valence-electron chi connectivity index (χ3n) is 6.83. The molecule has 1 atom stereocenters. The minimum absolute atomic E-state index is 0.146. The number of piperidine rings is 1. The Morgan fingerprint density at radius 1 is 1.25 bits per heavy atom. The number of hydrogen-bond donors (Lipinski definition) is 1. The highest BCUT2D eigenvalue weighted by Crippen LogP contribution is 2.34. The summed E-state index contributed by atoms with van der Waals surface area (Å²) in [5.74, 6) is 0.829. The van der Waals surface area contributed by atoms with Crippen LogP contribution in [0.1, 0.15) is 42.5 Å². The fourth-order valence-electron chi connectivity index (χ4n) is 4.68. The standard InChI is InChI=1S/C25H28N4O3/c1-18(21-6-5-20-9-14-32-23(20)15-21)29-12-10-25(11-13-29,27-17-30)24(31)28(2)22-7-3-19(16-26)4-8-22/h3-8,15,17-18H,9-14H2,1-2H3,(H,27,30)/t18-/m1/s1. The first kappa shape index (κ1) is 21.8. The van der Waals surface area contributed by atoms with Gasteiger partial charge >= 0.3 is 0 Å². The van der Waals surface area contributed by atoms with Crippen LogP contribution in [0.4, 0.5) is 5.69 Å². The van der Waals surface area contributed by atoms with Crippen LogP contribution in [-0.4, -0.2) is 49.5 Å². The number of nitriles is 1. The maximum Gasteiger partial charge on any atom is 0.252 e. The molecule has 0 unspecified atom stereocenters. The zero-order valence-corrected chi connectivity index (χ0v) is 18.5. The molecule has 2 amide bonds. The van der Waals surface area contributed by atoms with Gasteiger partial charge < -0.3 is 15.0 Å². The van der Waals surface area contributed by atoms with Crippen LogP contribution in [0.5, 0.6) is 5.75 Å². The van der Waals surface area contributed by atoms with Crippen LogP contribution >= 0.6 is 0 Å². The highest BCUT2D eigenvalue weighted by Gasteiger charge is 2.44. The summed E-state index contributed by atoms with van der Waals surface area (Å²) in [7, 11) is 1.71. The number of rotatable bonds is 6. The SMILES string of the molecule is C[C@H](c1ccc2c(c1)OCC2)N1CCC(NC=O)(C(=O)N(C)c2ccc(C#N)cc2)CC1. The number of ether oxygens (including phenoxy) is 1. The number of nitrogens with zero attached hydrogens (tertiary/aromatic N) is 3. The van der Waals surface area contributed by atoms with Crippen molar-refractivity contribution in [2.75, 3.05) is 31.6 Å². The lowest BCUT2D eigenvalue weighted by molar-refractivity contribution is -0.130. The minimum Gasteiger partial charge on any atom is -0.493 e. The second-order valence-corrected chi connectivity index (χ2v) is 8.54. The van der Waals surface area contributed by atoms with Crippen LogP contribution in [-0.2, 0) is 16.0 Å². The average molecular weight is 433 g/mol. The van der Waals surface area contributed by atoms with Crippen LogP contribution in [0.15, 0.2) is 42.5 Å². The maximum atomic E-state index is 13.4. The molecule has 2 aliphatic rings. The summed E-state index contributed by atoms with van der Waals surface area (Å²) in [4.78, 5) is 28.8. The summed E-state index contributed by atoms with van der Waals surface area (Å²) < 4.78 is 5.72. The monoisotopic (exact) mass is 432 g/mol. The predicted molar refractivity (Wildman–Crippen MR) is 121 cm³/mol. The van der Waals surface area contributed by atoms with Gasteiger partial charge in [0.15, 0.2) is 0 Å². The Labute approximate surface area is 188 Å². The normalized spacial score (nSPS) is 18.0. The van der Waals surface area contributed by atoms with E-state index in [4.69, 9.17) is 10.00 Å². The van der Waals surface area contributed by atoms with Crippen molar-refractivity contribution in [1.82, 2.24) is 10.2 Å². The van der Waals surface area contributed by atoms with Gasteiger partial charge in [-0.3, -0.25) is 14.5 Å². The summed E-state index contributed by atoms with van der Waals surface area (Å²) >= 11 is 0. The molecule has 0 aromatic heterocycles. The summed E-state index contributed by atoms with van der Waals surface area (Å²) in [6, 6.07) is 15.6. The molecule has 0 bridgehead atoms. The first-order valence-corrected chi connectivity index (χ1v) is 11.0. The fraction of sp³-hybridized carbons (Fsp3) is 0.400. The van der Waals surface area contributed by atoms with Crippen LogP contribution in [0.3, 0.4) is 0 Å². The largest absolute Gasteiger partial charge is 0.493 e. The lowest BCUT2D eigenvalue weighted by Gasteiger charge is -2.44. The second-order valence-electron chi connectivity index (χ2n) is 8.54. The number of likely N-dealkylation sites (tertiary alicyclic amines) is 1. The van der Waals surface area contributed by atoms with E-state index in [0.717, 1.165) is 18.8 Å². The molecule has 0 saturated carbocycles. The lowest BCUT2D eigenvalue weighted by atomic mass is 9.85. The van der Waals surface area contributed by atoms with E-state index in [-0.39, 0.29) is 11.9 Å². The molecule has 1 N–H and O–H groups in total. The van der Waals surface area contributed by atoms with Crippen molar-refractivity contribution in [3.05, 3.63) is 59.2 Å². The molecule has 1 fully saturated rings. The molecule has 2 heterocycles. The minimum atomic E-state index is -0.943. The van der Waals surface area contributed by atoms with E-state index in [1.165, 1.54) is 11.1 Å². The highest BCUT2D eigenvalue weighted by atomic mass is 16.5. The van der Waals surface area contributed by atoms with E-state index in [2.05, 4.69) is 41.4 Å². The van der Waals surface area contributed by atoms with E-state index in [9.17, 15) is 9.59 Å². The van der Waals surface area contributed by atoms with Crippen molar-refractivity contribution in [3.63, 3.8) is 0 Å². The molecule has 0 spiro atoms. The van der Waals surface area contributed by atoms with Crippen molar-refractivity contribution in [2.45, 2.75) is 37.8 Å². The Hall–Kier alpha value is -3.37. The number of nitrogens with one attached hydrogen (secondary N) is 1. The Kier molecular flexibility index (Phi) is 6.15. The maximum absolute atomic E-state index is 13.4. The van der Waals surface area contributed by atoms with Crippen LogP contribution in [0.2, 0.25) is 0 Å². The number of amides is 2. The number of hydrogen-bond acceptors (Lipinski definition) is 5. The van der Waals surface area contributed by atoms with E-state index in [1.807, 2.05) is 0 Å². The van der Waals surface area contributed by atoms with Gasteiger partial charge in [-0.1, -0.05) is 12.1 Å². The molecule has 2 aromatic rings. The summed E-state index contributed by atoms with van der Waals surface area (Å²) in [5, 5.41) is 11.8. The Bertz CT molecular complexity index is 1040. The van der Waals surface area contributed by atoms with Gasteiger partial charge in [-0.15, -0.1) is 0 Å². The predicted octanol–water partition coefficient (Wildman–Crippen LogP) is 2.80. The molecule has 7 nitrogen and oxygen atoms in total. The van der Waals surface area contributed by atoms with Crippen molar-refractivity contribution >= 4 is 18.0 Å². The van der Waals surface area contributed by atoms with Gasteiger partial charge in [-0.2, -0.15) is 5.26 Å². The van der Waals surface area contributed by atoms with Gasteiger partial charge in [0.05, 0.1) is 18.2 Å². The second kappa shape index (κ2) is 9.01. The van der Waals surface area contributed by atoms with Crippen molar-refractivity contribution < 1.29 is 14.3 Å². The van der Waals surface area contributed by atoms with Crippen LogP contribution < -0.4 is 15.0 Å². The Balaban J connectivity index is 1.47. The quantitative estimate of drug-likeness (QED) is 0.710. The Morgan fingerprint density at radius 3 is 2.62 bits per heavy atom. The summed E-state index contributed by atoms with van der Waals surface area (Å²) in [6.45, 7) is 4.28. The highest BCUT2D eigenvalue weighted by molar-refractivity contribution is 6.01. The van der Waals surface area contributed by atoms with Gasteiger partial charge in [0.1, 0.15) is 11.3 Å². The van der Waals surface area contributed by atoms with Gasteiger partial charge in [0.2, 0.25) is 6.41 Å². The van der Waals surface area contributed by atoms with E-state index in [1.54, 1.807) is 36.2 Å². The topological polar surface area (TPSA) is 85.7 Å². The first-order chi connectivity index (χ1) is 15.5. The molecular formula is C25H28N4O3. The molecule has 166 valence electrons. The number of fused-ring (bicyclic) bond motifs is 1. The van der Waals surface area contributed by atoms with Gasteiger partial charge in [-0.25, -0.2) is 0 Å². The van der Waals surface area contributed by atoms with E-state index in [0.29, 0.717) is 43.6 Å². The van der Waals surface area contributed by atoms with E-state index < -0.39 is 5.54 Å². The molecule has 0 aliphatic carbocycles. The molecule has 32 heavy (non-hydrogen) atoms. The number of likely N-dealkylation sites (N-methyl/N-ethyl adjacent to an activating group) is 1. The number of carbonyl (C=O) groups excluding carboxylic acids is 2. The van der Waals surface area contributed by atoms with E-state index >= 15 is 0 Å². The third kappa shape index (κ3) is 4.06. The fourth-order valence-corrected chi connectivity index (χ4v) is 4.68. The first-order valence-electron chi connectivity index (χ1n) is 11.0. The van der Waals surface area contributed by atoms with Crippen LogP contribution in [0.25, 0.3) is 0 Å². The molecule has 1 saturated heterocycles. The zero-order chi connectivity index (χ0) is 22.7. The van der Waals surface area contributed by atoms with Crippen molar-refractivity contribution in [2.24, 2.45) is 0 Å².